The number of hydrogen-bond donors (Lipinski definition) is 6. The smallest absolute Gasteiger partial charge is 0.276 e. The number of nitrogens with zero attached hydrogens (tertiary/aromatic N) is 5. The average Bonchev–Trinajstić information content (AvgIpc) is 3.41. The fraction of sp³-hybridized carbons (Fsp3) is 0.414. The fourth-order valence-corrected chi connectivity index (χ4v) is 5.62. The number of imidazole rings is 1. The molecule has 42 heavy (non-hydrogen) atoms. The number of nitrogens with two attached hydrogens (primary N) is 2. The van der Waals surface area contributed by atoms with Crippen LogP contribution < -0.4 is 32.7 Å². The Morgan fingerprint density at radius 2 is 1.52 bits per heavy atom. The number of fused-ring (bicyclic) bond motifs is 1. The predicted molar refractivity (Wildman–Crippen MR) is 160 cm³/mol. The van der Waals surface area contributed by atoms with Crippen LogP contribution in [0.3, 0.4) is 0 Å². The quantitative estimate of drug-likeness (QED) is 0.181. The summed E-state index contributed by atoms with van der Waals surface area (Å²) in [6.45, 7) is 0. The van der Waals surface area contributed by atoms with Crippen molar-refractivity contribution < 1.29 is 9.18 Å². The maximum absolute atomic E-state index is 14.2. The Kier molecular flexibility index (Phi) is 8.11. The van der Waals surface area contributed by atoms with Gasteiger partial charge >= 0.3 is 0 Å². The summed E-state index contributed by atoms with van der Waals surface area (Å²) in [5.74, 6) is 0.764. The molecule has 2 saturated carbocycles. The van der Waals surface area contributed by atoms with Gasteiger partial charge in [-0.25, -0.2) is 18.9 Å². The second kappa shape index (κ2) is 12.2. The molecule has 0 saturated heterocycles. The Bertz CT molecular complexity index is 1540. The lowest BCUT2D eigenvalue weighted by Crippen LogP contribution is -2.33. The van der Waals surface area contributed by atoms with Gasteiger partial charge in [-0.1, -0.05) is 6.07 Å². The van der Waals surface area contributed by atoms with Gasteiger partial charge in [-0.15, -0.1) is 5.10 Å². The van der Waals surface area contributed by atoms with Crippen LogP contribution >= 0.6 is 0 Å². The summed E-state index contributed by atoms with van der Waals surface area (Å²) in [5, 5.41) is 17.7. The third-order valence-corrected chi connectivity index (χ3v) is 7.98. The summed E-state index contributed by atoms with van der Waals surface area (Å²) >= 11 is 0. The Morgan fingerprint density at radius 1 is 0.857 bits per heavy atom. The second-order valence-corrected chi connectivity index (χ2v) is 11.2. The topological polar surface area (TPSA) is 173 Å². The molecule has 0 atom stereocenters. The molecular weight excluding hydrogens is 537 g/mol. The molecule has 0 unspecified atom stereocenters. The standard InChI is InChI=1S/C29H36FN11O/c30-21-15-33-13-12-22(21)38-29(42)24-16-34-28-23(14-27(40-41(24)28)36-20-10-6-18(32)7-11-20)37-26-3-1-2-25(39-26)35-19-8-4-17(31)5-9-19/h1-3,12-20H,4-11,31-32H2,(H,36,40)(H,33,38,42)(H2,35,37,39). The van der Waals surface area contributed by atoms with Crippen LogP contribution in [0.5, 0.6) is 0 Å². The Balaban J connectivity index is 1.29. The van der Waals surface area contributed by atoms with Crippen molar-refractivity contribution in [3.63, 3.8) is 0 Å². The van der Waals surface area contributed by atoms with Crippen molar-refractivity contribution in [2.45, 2.75) is 75.5 Å². The van der Waals surface area contributed by atoms with Crippen LogP contribution in [0.2, 0.25) is 0 Å². The Morgan fingerprint density at radius 3 is 2.21 bits per heavy atom. The molecule has 0 radical (unpaired) electrons. The maximum Gasteiger partial charge on any atom is 0.276 e. The normalized spacial score (nSPS) is 22.5. The first-order valence-electron chi connectivity index (χ1n) is 14.5. The lowest BCUT2D eigenvalue weighted by atomic mass is 9.92. The number of carbonyl (C=O) groups is 1. The molecule has 13 heteroatoms. The number of pyridine rings is 2. The van der Waals surface area contributed by atoms with Crippen molar-refractivity contribution >= 4 is 40.4 Å². The molecule has 4 aromatic heterocycles. The Hall–Kier alpha value is -4.36. The monoisotopic (exact) mass is 573 g/mol. The average molecular weight is 574 g/mol. The number of hydrogen-bond acceptors (Lipinski definition) is 10. The lowest BCUT2D eigenvalue weighted by molar-refractivity contribution is 0.102. The van der Waals surface area contributed by atoms with E-state index in [0.717, 1.165) is 63.4 Å². The van der Waals surface area contributed by atoms with E-state index in [4.69, 9.17) is 21.5 Å². The van der Waals surface area contributed by atoms with Gasteiger partial charge in [-0.2, -0.15) is 0 Å². The molecular formula is C29H36FN11O. The van der Waals surface area contributed by atoms with Crippen LogP contribution in [0.4, 0.5) is 33.2 Å². The summed E-state index contributed by atoms with van der Waals surface area (Å²) in [7, 11) is 0. The fourth-order valence-electron chi connectivity index (χ4n) is 5.62. The minimum atomic E-state index is -0.636. The number of aromatic nitrogens is 5. The summed E-state index contributed by atoms with van der Waals surface area (Å²) in [4.78, 5) is 26.2. The van der Waals surface area contributed by atoms with Crippen molar-refractivity contribution in [2.75, 3.05) is 21.3 Å². The van der Waals surface area contributed by atoms with Crippen molar-refractivity contribution in [3.05, 3.63) is 60.4 Å². The highest BCUT2D eigenvalue weighted by atomic mass is 19.1. The van der Waals surface area contributed by atoms with E-state index in [1.165, 1.54) is 23.0 Å². The summed E-state index contributed by atoms with van der Waals surface area (Å²) < 4.78 is 15.7. The summed E-state index contributed by atoms with van der Waals surface area (Å²) in [6, 6.07) is 10.0. The maximum atomic E-state index is 14.2. The van der Waals surface area contributed by atoms with Gasteiger partial charge in [-0.3, -0.25) is 9.78 Å². The van der Waals surface area contributed by atoms with Gasteiger partial charge in [0.1, 0.15) is 17.5 Å². The minimum Gasteiger partial charge on any atom is -0.367 e. The third-order valence-electron chi connectivity index (χ3n) is 7.98. The molecule has 0 aromatic carbocycles. The number of halogens is 1. The van der Waals surface area contributed by atoms with E-state index in [1.54, 1.807) is 0 Å². The molecule has 2 fully saturated rings. The largest absolute Gasteiger partial charge is 0.367 e. The molecule has 2 aliphatic carbocycles. The zero-order valence-corrected chi connectivity index (χ0v) is 23.3. The first kappa shape index (κ1) is 27.8. The van der Waals surface area contributed by atoms with Gasteiger partial charge < -0.3 is 32.7 Å². The number of anilines is 5. The molecule has 2 aliphatic rings. The van der Waals surface area contributed by atoms with Crippen LogP contribution in [0, 0.1) is 5.82 Å². The number of carbonyl (C=O) groups excluding carboxylic acids is 1. The highest BCUT2D eigenvalue weighted by Gasteiger charge is 2.23. The molecule has 8 N–H and O–H groups in total. The van der Waals surface area contributed by atoms with Gasteiger partial charge in [0, 0.05) is 36.4 Å². The first-order chi connectivity index (χ1) is 20.4. The third kappa shape index (κ3) is 6.42. The van der Waals surface area contributed by atoms with Gasteiger partial charge in [0.25, 0.3) is 5.91 Å². The van der Waals surface area contributed by atoms with E-state index < -0.39 is 11.7 Å². The molecule has 6 rings (SSSR count). The van der Waals surface area contributed by atoms with Gasteiger partial charge in [-0.05, 0) is 69.6 Å². The van der Waals surface area contributed by atoms with E-state index in [2.05, 4.69) is 31.2 Å². The molecule has 1 amide bonds. The van der Waals surface area contributed by atoms with E-state index in [9.17, 15) is 9.18 Å². The number of amides is 1. The zero-order chi connectivity index (χ0) is 29.1. The van der Waals surface area contributed by atoms with Gasteiger partial charge in [0.05, 0.1) is 23.8 Å². The zero-order valence-electron chi connectivity index (χ0n) is 23.3. The van der Waals surface area contributed by atoms with E-state index >= 15 is 0 Å². The molecule has 0 bridgehead atoms. The molecule has 4 aromatic rings. The second-order valence-electron chi connectivity index (χ2n) is 11.2. The molecule has 0 spiro atoms. The van der Waals surface area contributed by atoms with E-state index in [1.807, 2.05) is 24.3 Å². The molecule has 220 valence electrons. The predicted octanol–water partition coefficient (Wildman–Crippen LogP) is 4.02. The molecule has 4 heterocycles. The lowest BCUT2D eigenvalue weighted by Gasteiger charge is -2.27. The minimum absolute atomic E-state index is 0.0181. The van der Waals surface area contributed by atoms with Crippen LogP contribution in [0.1, 0.15) is 61.9 Å². The molecule has 0 aliphatic heterocycles. The van der Waals surface area contributed by atoms with E-state index in [-0.39, 0.29) is 29.5 Å². The van der Waals surface area contributed by atoms with Crippen LogP contribution in [-0.2, 0) is 0 Å². The van der Waals surface area contributed by atoms with Crippen molar-refractivity contribution in [2.24, 2.45) is 11.5 Å². The Labute approximate surface area is 242 Å². The van der Waals surface area contributed by atoms with E-state index in [0.29, 0.717) is 29.0 Å². The number of rotatable bonds is 8. The van der Waals surface area contributed by atoms with Gasteiger partial charge in [0.15, 0.2) is 17.2 Å². The summed E-state index contributed by atoms with van der Waals surface area (Å²) in [6.07, 6.45) is 11.6. The van der Waals surface area contributed by atoms with Crippen molar-refractivity contribution in [1.29, 1.82) is 0 Å². The SMILES string of the molecule is NC1CCC(Nc2cccc(Nc3cc(NC4CCC(N)CC4)nn4c(C(=O)Nc5ccncc5F)cnc34)n2)CC1. The van der Waals surface area contributed by atoms with Crippen LogP contribution in [0.25, 0.3) is 5.65 Å². The van der Waals surface area contributed by atoms with Gasteiger partial charge in [0.2, 0.25) is 0 Å². The highest BCUT2D eigenvalue weighted by molar-refractivity contribution is 6.03. The first-order valence-corrected chi connectivity index (χ1v) is 14.5. The number of nitrogens with one attached hydrogen (secondary N) is 4. The van der Waals surface area contributed by atoms with Crippen molar-refractivity contribution in [1.82, 2.24) is 24.6 Å². The van der Waals surface area contributed by atoms with Crippen LogP contribution in [0.15, 0.2) is 48.9 Å². The highest BCUT2D eigenvalue weighted by Crippen LogP contribution is 2.28. The summed E-state index contributed by atoms with van der Waals surface area (Å²) in [5.41, 5.74) is 13.4. The van der Waals surface area contributed by atoms with Crippen molar-refractivity contribution in [3.8, 4) is 0 Å². The van der Waals surface area contributed by atoms with Crippen LogP contribution in [-0.4, -0.2) is 54.6 Å². The molecule has 12 nitrogen and oxygen atoms in total.